The maximum absolute atomic E-state index is 11.8. The number of carboxylic acids is 1. The lowest BCUT2D eigenvalue weighted by Crippen LogP contribution is -2.42. The molecule has 0 heterocycles. The summed E-state index contributed by atoms with van der Waals surface area (Å²) in [5.74, 6) is -1.23. The number of hydrogen-bond donors (Lipinski definition) is 4. The van der Waals surface area contributed by atoms with Crippen molar-refractivity contribution in [2.24, 2.45) is 5.73 Å². The minimum Gasteiger partial charge on any atom is -0.480 e. The van der Waals surface area contributed by atoms with Crippen LogP contribution in [-0.2, 0) is 22.6 Å². The number of aliphatic carboxylic acids is 1. The Morgan fingerprint density at radius 3 is 2.28 bits per heavy atom. The van der Waals surface area contributed by atoms with Gasteiger partial charge in [0.15, 0.2) is 0 Å². The van der Waals surface area contributed by atoms with Crippen molar-refractivity contribution in [1.29, 1.82) is 5.41 Å². The number of rotatable bonds is 7. The van der Waals surface area contributed by atoms with Crippen LogP contribution in [0.15, 0.2) is 54.6 Å². The zero-order valence-electron chi connectivity index (χ0n) is 13.4. The zero-order valence-corrected chi connectivity index (χ0v) is 13.4. The summed E-state index contributed by atoms with van der Waals surface area (Å²) in [7, 11) is 0. The highest BCUT2D eigenvalue weighted by atomic mass is 16.5. The zero-order chi connectivity index (χ0) is 18.2. The van der Waals surface area contributed by atoms with Crippen LogP contribution in [0, 0.1) is 5.41 Å². The number of amides is 1. The van der Waals surface area contributed by atoms with Crippen LogP contribution in [0.1, 0.15) is 16.7 Å². The summed E-state index contributed by atoms with van der Waals surface area (Å²) in [5, 5.41) is 19.0. The van der Waals surface area contributed by atoms with Gasteiger partial charge in [-0.1, -0.05) is 54.6 Å². The van der Waals surface area contributed by atoms with Crippen LogP contribution in [0.2, 0.25) is 0 Å². The molecule has 1 amide bonds. The van der Waals surface area contributed by atoms with Gasteiger partial charge in [-0.2, -0.15) is 0 Å². The number of ether oxygens (including phenoxy) is 1. The van der Waals surface area contributed by atoms with Crippen LogP contribution in [0.5, 0.6) is 0 Å². The average Bonchev–Trinajstić information content (AvgIpc) is 2.60. The number of benzene rings is 2. The molecule has 7 nitrogen and oxygen atoms in total. The smallest absolute Gasteiger partial charge is 0.408 e. The maximum atomic E-state index is 11.8. The molecular formula is C18H19N3O4. The van der Waals surface area contributed by atoms with Gasteiger partial charge in [-0.15, -0.1) is 0 Å². The van der Waals surface area contributed by atoms with Crippen molar-refractivity contribution in [3.63, 3.8) is 0 Å². The molecule has 25 heavy (non-hydrogen) atoms. The van der Waals surface area contributed by atoms with Crippen LogP contribution in [0.3, 0.4) is 0 Å². The second kappa shape index (κ2) is 8.49. The van der Waals surface area contributed by atoms with Crippen molar-refractivity contribution in [3.05, 3.63) is 71.3 Å². The van der Waals surface area contributed by atoms with Gasteiger partial charge in [-0.05, 0) is 11.1 Å². The quantitative estimate of drug-likeness (QED) is 0.452. The summed E-state index contributed by atoms with van der Waals surface area (Å²) in [4.78, 5) is 23.2. The molecule has 0 saturated heterocycles. The number of nitrogens with two attached hydrogens (primary N) is 1. The molecular weight excluding hydrogens is 322 g/mol. The van der Waals surface area contributed by atoms with Gasteiger partial charge in [0.25, 0.3) is 0 Å². The molecule has 7 heteroatoms. The Labute approximate surface area is 144 Å². The highest BCUT2D eigenvalue weighted by Crippen LogP contribution is 2.08. The summed E-state index contributed by atoms with van der Waals surface area (Å²) in [6.45, 7) is 0.0618. The van der Waals surface area contributed by atoms with Crippen LogP contribution in [0.4, 0.5) is 4.79 Å². The highest BCUT2D eigenvalue weighted by Gasteiger charge is 2.21. The first-order valence-corrected chi connectivity index (χ1v) is 7.59. The van der Waals surface area contributed by atoms with Gasteiger partial charge < -0.3 is 20.9 Å². The molecule has 1 atom stereocenters. The Kier molecular flexibility index (Phi) is 6.11. The van der Waals surface area contributed by atoms with Gasteiger partial charge in [0, 0.05) is 12.0 Å². The van der Waals surface area contributed by atoms with Crippen molar-refractivity contribution in [2.45, 2.75) is 19.1 Å². The average molecular weight is 341 g/mol. The molecule has 0 radical (unpaired) electrons. The molecule has 0 fully saturated rings. The van der Waals surface area contributed by atoms with E-state index in [0.29, 0.717) is 11.1 Å². The number of hydrogen-bond acceptors (Lipinski definition) is 4. The number of carboxylic acid groups (broad SMARTS) is 1. The van der Waals surface area contributed by atoms with Gasteiger partial charge in [0.2, 0.25) is 0 Å². The third-order valence-electron chi connectivity index (χ3n) is 3.51. The second-order valence-electron chi connectivity index (χ2n) is 5.41. The second-order valence-corrected chi connectivity index (χ2v) is 5.41. The minimum atomic E-state index is -1.16. The Bertz CT molecular complexity index is 745. The summed E-state index contributed by atoms with van der Waals surface area (Å²) in [6.07, 6.45) is -0.704. The van der Waals surface area contributed by atoms with E-state index in [-0.39, 0.29) is 18.9 Å². The number of amidine groups is 1. The van der Waals surface area contributed by atoms with Gasteiger partial charge in [0.05, 0.1) is 0 Å². The van der Waals surface area contributed by atoms with E-state index in [1.54, 1.807) is 36.4 Å². The Balaban J connectivity index is 1.92. The fourth-order valence-electron chi connectivity index (χ4n) is 2.16. The molecule has 2 aromatic carbocycles. The monoisotopic (exact) mass is 341 g/mol. The lowest BCUT2D eigenvalue weighted by molar-refractivity contribution is -0.139. The summed E-state index contributed by atoms with van der Waals surface area (Å²) in [5.41, 5.74) is 7.43. The minimum absolute atomic E-state index is 0.0618. The number of nitrogens with one attached hydrogen (secondary N) is 2. The topological polar surface area (TPSA) is 126 Å². The lowest BCUT2D eigenvalue weighted by atomic mass is 10.0. The predicted octanol–water partition coefficient (Wildman–Crippen LogP) is 1.89. The molecule has 0 aliphatic rings. The van der Waals surface area contributed by atoms with Crippen molar-refractivity contribution in [3.8, 4) is 0 Å². The normalized spacial score (nSPS) is 11.4. The summed E-state index contributed by atoms with van der Waals surface area (Å²) >= 11 is 0. The first-order valence-electron chi connectivity index (χ1n) is 7.59. The van der Waals surface area contributed by atoms with Crippen LogP contribution in [-0.4, -0.2) is 29.0 Å². The molecule has 2 aromatic rings. The molecule has 2 rings (SSSR count). The van der Waals surface area contributed by atoms with Gasteiger partial charge in [-0.3, -0.25) is 5.41 Å². The Morgan fingerprint density at radius 1 is 1.08 bits per heavy atom. The van der Waals surface area contributed by atoms with Crippen molar-refractivity contribution >= 4 is 17.9 Å². The van der Waals surface area contributed by atoms with Gasteiger partial charge in [0.1, 0.15) is 18.5 Å². The Morgan fingerprint density at radius 2 is 1.72 bits per heavy atom. The molecule has 0 aromatic heterocycles. The van der Waals surface area contributed by atoms with Crippen LogP contribution < -0.4 is 11.1 Å². The van der Waals surface area contributed by atoms with E-state index >= 15 is 0 Å². The molecule has 0 aliphatic heterocycles. The standard InChI is InChI=1S/C18H19N3O4/c19-16(20)14-8-6-12(7-9-14)10-15(17(22)23)21-18(24)25-11-13-4-2-1-3-5-13/h1-9,15H,10-11H2,(H3,19,20)(H,21,24)(H,22,23)/t15-/m0/s1. The molecule has 0 bridgehead atoms. The van der Waals surface area contributed by atoms with Crippen molar-refractivity contribution in [2.75, 3.05) is 0 Å². The molecule has 0 unspecified atom stereocenters. The highest BCUT2D eigenvalue weighted by molar-refractivity contribution is 5.94. The molecule has 5 N–H and O–H groups in total. The van der Waals surface area contributed by atoms with Crippen LogP contribution in [0.25, 0.3) is 0 Å². The van der Waals surface area contributed by atoms with E-state index in [1.807, 2.05) is 18.2 Å². The fourth-order valence-corrected chi connectivity index (χ4v) is 2.16. The first-order chi connectivity index (χ1) is 12.0. The number of nitrogen functional groups attached to an aromatic ring is 1. The van der Waals surface area contributed by atoms with Gasteiger partial charge >= 0.3 is 12.1 Å². The fraction of sp³-hybridized carbons (Fsp3) is 0.167. The SMILES string of the molecule is N=C(N)c1ccc(C[C@H](NC(=O)OCc2ccccc2)C(=O)O)cc1. The molecule has 130 valence electrons. The van der Waals surface area contributed by atoms with Gasteiger partial charge in [-0.25, -0.2) is 9.59 Å². The lowest BCUT2D eigenvalue weighted by Gasteiger charge is -2.15. The summed E-state index contributed by atoms with van der Waals surface area (Å²) in [6, 6.07) is 14.6. The number of carbonyl (C=O) groups is 2. The third-order valence-corrected chi connectivity index (χ3v) is 3.51. The largest absolute Gasteiger partial charge is 0.480 e. The molecule has 0 spiro atoms. The van der Waals surface area contributed by atoms with E-state index < -0.39 is 18.1 Å². The van der Waals surface area contributed by atoms with E-state index in [0.717, 1.165) is 5.56 Å². The predicted molar refractivity (Wildman–Crippen MR) is 92.3 cm³/mol. The Hall–Kier alpha value is -3.35. The van der Waals surface area contributed by atoms with E-state index in [9.17, 15) is 14.7 Å². The first kappa shape index (κ1) is 18.0. The van der Waals surface area contributed by atoms with E-state index in [1.165, 1.54) is 0 Å². The van der Waals surface area contributed by atoms with Crippen molar-refractivity contribution < 1.29 is 19.4 Å². The number of alkyl carbamates (subject to hydrolysis) is 1. The number of carbonyl (C=O) groups excluding carboxylic acids is 1. The molecule has 0 aliphatic carbocycles. The maximum Gasteiger partial charge on any atom is 0.408 e. The summed E-state index contributed by atoms with van der Waals surface area (Å²) < 4.78 is 5.04. The van der Waals surface area contributed by atoms with Crippen molar-refractivity contribution in [1.82, 2.24) is 5.32 Å². The van der Waals surface area contributed by atoms with Crippen LogP contribution >= 0.6 is 0 Å². The third kappa shape index (κ3) is 5.65. The van der Waals surface area contributed by atoms with E-state index in [4.69, 9.17) is 15.9 Å². The molecule has 0 saturated carbocycles. The van der Waals surface area contributed by atoms with E-state index in [2.05, 4.69) is 5.32 Å².